The van der Waals surface area contributed by atoms with E-state index in [0.29, 0.717) is 17.0 Å². The molecule has 142 valence electrons. The second kappa shape index (κ2) is 7.03. The minimum Gasteiger partial charge on any atom is -0.493 e. The van der Waals surface area contributed by atoms with Crippen molar-refractivity contribution in [2.75, 3.05) is 20.8 Å². The summed E-state index contributed by atoms with van der Waals surface area (Å²) in [6.45, 7) is 9.18. The molecule has 0 unspecified atom stereocenters. The Hall–Kier alpha value is -2.88. The Balaban J connectivity index is 2.19. The van der Waals surface area contributed by atoms with Crippen molar-refractivity contribution in [1.29, 1.82) is 5.26 Å². The quantitative estimate of drug-likeness (QED) is 0.807. The molecule has 7 nitrogen and oxygen atoms in total. The van der Waals surface area contributed by atoms with Gasteiger partial charge >= 0.3 is 0 Å². The van der Waals surface area contributed by atoms with Gasteiger partial charge in [-0.1, -0.05) is 0 Å². The Morgan fingerprint density at radius 1 is 1.19 bits per heavy atom. The molecule has 0 saturated carbocycles. The summed E-state index contributed by atoms with van der Waals surface area (Å²) in [6, 6.07) is 6.30. The Bertz CT molecular complexity index is 930. The van der Waals surface area contributed by atoms with Crippen molar-refractivity contribution < 1.29 is 9.47 Å². The van der Waals surface area contributed by atoms with Gasteiger partial charge in [0, 0.05) is 29.6 Å². The van der Waals surface area contributed by atoms with Crippen LogP contribution >= 0.6 is 0 Å². The monoisotopic (exact) mass is 367 g/mol. The van der Waals surface area contributed by atoms with E-state index >= 15 is 0 Å². The maximum absolute atomic E-state index is 10.0. The number of methoxy groups -OCH3 is 2. The van der Waals surface area contributed by atoms with E-state index in [1.54, 1.807) is 26.5 Å². The number of rotatable bonds is 5. The lowest BCUT2D eigenvalue weighted by Crippen LogP contribution is -2.39. The van der Waals surface area contributed by atoms with Gasteiger partial charge in [-0.05, 0) is 33.8 Å². The summed E-state index contributed by atoms with van der Waals surface area (Å²) in [5, 5.41) is 19.2. The zero-order chi connectivity index (χ0) is 19.8. The minimum absolute atomic E-state index is 0.230. The number of aliphatic imine (C=N–C) groups is 1. The number of hydrogen-bond acceptors (Lipinski definition) is 7. The third kappa shape index (κ3) is 3.39. The van der Waals surface area contributed by atoms with E-state index in [4.69, 9.17) is 14.5 Å². The lowest BCUT2D eigenvalue weighted by Gasteiger charge is -2.28. The molecule has 0 saturated heterocycles. The zero-order valence-corrected chi connectivity index (χ0v) is 16.6. The molecule has 0 bridgehead atoms. The van der Waals surface area contributed by atoms with E-state index in [0.717, 1.165) is 23.3 Å². The van der Waals surface area contributed by atoms with Crippen molar-refractivity contribution in [3.8, 4) is 17.6 Å². The summed E-state index contributed by atoms with van der Waals surface area (Å²) < 4.78 is 10.8. The summed E-state index contributed by atoms with van der Waals surface area (Å²) in [4.78, 5) is 7.07. The molecule has 3 rings (SSSR count). The topological polar surface area (TPSA) is 83.6 Å². The van der Waals surface area contributed by atoms with E-state index in [-0.39, 0.29) is 11.6 Å². The summed E-state index contributed by atoms with van der Waals surface area (Å²) in [5.41, 5.74) is 1.19. The number of nitriles is 1. The maximum atomic E-state index is 10.0. The lowest BCUT2D eigenvalue weighted by molar-refractivity contribution is 0.320. The Labute approximate surface area is 159 Å². The normalized spacial score (nSPS) is 17.0. The van der Waals surface area contributed by atoms with Gasteiger partial charge in [0.15, 0.2) is 11.5 Å². The van der Waals surface area contributed by atoms with Crippen LogP contribution in [-0.2, 0) is 0 Å². The molecular weight excluding hydrogens is 342 g/mol. The number of ether oxygens (including phenoxy) is 2. The lowest BCUT2D eigenvalue weighted by atomic mass is 9.95. The van der Waals surface area contributed by atoms with Gasteiger partial charge in [0.05, 0.1) is 37.5 Å². The summed E-state index contributed by atoms with van der Waals surface area (Å²) in [7, 11) is 3.17. The number of nitrogens with zero attached hydrogens (tertiary/aromatic N) is 5. The van der Waals surface area contributed by atoms with Crippen molar-refractivity contribution in [2.24, 2.45) is 4.99 Å². The van der Waals surface area contributed by atoms with E-state index in [1.165, 1.54) is 0 Å². The fourth-order valence-electron chi connectivity index (χ4n) is 3.49. The average molecular weight is 367 g/mol. The molecule has 2 heterocycles. The highest BCUT2D eigenvalue weighted by Gasteiger charge is 2.37. The summed E-state index contributed by atoms with van der Waals surface area (Å²) in [6.07, 6.45) is 1.65. The van der Waals surface area contributed by atoms with Crippen LogP contribution in [-0.4, -0.2) is 53.3 Å². The molecule has 1 aliphatic heterocycles. The van der Waals surface area contributed by atoms with Crippen molar-refractivity contribution in [3.05, 3.63) is 23.9 Å². The molecule has 1 aromatic heterocycles. The van der Waals surface area contributed by atoms with Gasteiger partial charge in [-0.3, -0.25) is 4.99 Å². The predicted octanol–water partition coefficient (Wildman–Crippen LogP) is 3.16. The Morgan fingerprint density at radius 2 is 1.85 bits per heavy atom. The van der Waals surface area contributed by atoms with Crippen molar-refractivity contribution in [2.45, 2.75) is 45.2 Å². The van der Waals surface area contributed by atoms with Gasteiger partial charge in [-0.2, -0.15) is 15.5 Å². The third-order valence-corrected chi connectivity index (χ3v) is 4.77. The largest absolute Gasteiger partial charge is 0.493 e. The van der Waals surface area contributed by atoms with Crippen molar-refractivity contribution in [1.82, 2.24) is 15.1 Å². The van der Waals surface area contributed by atoms with Gasteiger partial charge in [0.1, 0.15) is 11.8 Å². The maximum Gasteiger partial charge on any atom is 0.162 e. The van der Waals surface area contributed by atoms with Crippen LogP contribution in [0.15, 0.2) is 23.3 Å². The summed E-state index contributed by atoms with van der Waals surface area (Å²) >= 11 is 0. The number of benzene rings is 1. The predicted molar refractivity (Wildman–Crippen MR) is 104 cm³/mol. The Kier molecular flexibility index (Phi) is 4.92. The first kappa shape index (κ1) is 18.9. The van der Waals surface area contributed by atoms with Gasteiger partial charge in [0.25, 0.3) is 0 Å². The van der Waals surface area contributed by atoms with Crippen LogP contribution in [0.2, 0.25) is 0 Å². The fraction of sp³-hybridized carbons (Fsp3) is 0.500. The highest BCUT2D eigenvalue weighted by molar-refractivity contribution is 5.98. The molecule has 0 amide bonds. The molecule has 1 aromatic carbocycles. The smallest absolute Gasteiger partial charge is 0.162 e. The molecule has 1 atom stereocenters. The minimum atomic E-state index is -0.537. The average Bonchev–Trinajstić information content (AvgIpc) is 2.97. The first-order valence-corrected chi connectivity index (χ1v) is 8.94. The Morgan fingerprint density at radius 3 is 2.44 bits per heavy atom. The van der Waals surface area contributed by atoms with Crippen LogP contribution in [0.5, 0.6) is 11.5 Å². The van der Waals surface area contributed by atoms with Crippen LogP contribution in [0.3, 0.4) is 0 Å². The van der Waals surface area contributed by atoms with Gasteiger partial charge in [-0.15, -0.1) is 0 Å². The molecular formula is C20H25N5O2. The summed E-state index contributed by atoms with van der Waals surface area (Å²) in [5.74, 6) is 1.41. The zero-order valence-electron chi connectivity index (χ0n) is 16.6. The molecule has 0 spiro atoms. The number of amidine groups is 1. The second-order valence-corrected chi connectivity index (χ2v) is 7.59. The van der Waals surface area contributed by atoms with Crippen LogP contribution in [0.1, 0.15) is 39.2 Å². The molecule has 2 aromatic rings. The van der Waals surface area contributed by atoms with E-state index in [9.17, 15) is 5.26 Å². The van der Waals surface area contributed by atoms with Crippen molar-refractivity contribution in [3.63, 3.8) is 0 Å². The second-order valence-electron chi connectivity index (χ2n) is 7.59. The van der Waals surface area contributed by atoms with Gasteiger partial charge in [0.2, 0.25) is 0 Å². The van der Waals surface area contributed by atoms with Gasteiger partial charge in [-0.25, -0.2) is 0 Å². The number of fused-ring (bicyclic) bond motifs is 1. The first-order chi connectivity index (χ1) is 12.8. The molecule has 0 aliphatic carbocycles. The van der Waals surface area contributed by atoms with E-state index in [2.05, 4.69) is 48.9 Å². The molecule has 7 heteroatoms. The molecule has 0 N–H and O–H groups in total. The third-order valence-electron chi connectivity index (χ3n) is 4.77. The standard InChI is InChI=1S/C20H25N5O2/c1-12(2)25-11-20(3,4)23-19(25)14(9-21)15-10-22-24-16-8-18(27-6)17(26-5)7-13(15)16/h7-8,10,12,14H,11H2,1-6H3/t14-/m0/s1. The highest BCUT2D eigenvalue weighted by atomic mass is 16.5. The van der Waals surface area contributed by atoms with Crippen LogP contribution < -0.4 is 9.47 Å². The first-order valence-electron chi connectivity index (χ1n) is 8.94. The highest BCUT2D eigenvalue weighted by Crippen LogP contribution is 2.36. The molecule has 1 aliphatic rings. The van der Waals surface area contributed by atoms with E-state index < -0.39 is 5.92 Å². The molecule has 0 radical (unpaired) electrons. The van der Waals surface area contributed by atoms with E-state index in [1.807, 2.05) is 6.07 Å². The number of aromatic nitrogens is 2. The van der Waals surface area contributed by atoms with Crippen LogP contribution in [0.25, 0.3) is 10.9 Å². The molecule has 0 fully saturated rings. The molecule has 27 heavy (non-hydrogen) atoms. The SMILES string of the molecule is COc1cc2nncc([C@H](C#N)C3=NC(C)(C)CN3C(C)C)c2cc1OC. The fourth-order valence-corrected chi connectivity index (χ4v) is 3.49. The van der Waals surface area contributed by atoms with Crippen molar-refractivity contribution >= 4 is 16.7 Å². The number of hydrogen-bond donors (Lipinski definition) is 0. The van der Waals surface area contributed by atoms with Crippen LogP contribution in [0, 0.1) is 11.3 Å². The van der Waals surface area contributed by atoms with Crippen LogP contribution in [0.4, 0.5) is 0 Å². The van der Waals surface area contributed by atoms with Gasteiger partial charge < -0.3 is 14.4 Å².